The highest BCUT2D eigenvalue weighted by atomic mass is 32.1. The second-order valence-corrected chi connectivity index (χ2v) is 7.82. The molecule has 1 amide bonds. The van der Waals surface area contributed by atoms with E-state index in [1.807, 2.05) is 0 Å². The summed E-state index contributed by atoms with van der Waals surface area (Å²) in [5.74, 6) is -1.68. The van der Waals surface area contributed by atoms with Gasteiger partial charge >= 0.3 is 6.18 Å². The number of carbonyl (C=O) groups excluding carboxylic acids is 1. The molecule has 1 aliphatic heterocycles. The summed E-state index contributed by atoms with van der Waals surface area (Å²) < 4.78 is 53.8. The van der Waals surface area contributed by atoms with Crippen molar-refractivity contribution in [3.63, 3.8) is 0 Å². The Labute approximate surface area is 181 Å². The minimum Gasteiger partial charge on any atom is -0.389 e. The van der Waals surface area contributed by atoms with Crippen LogP contribution in [0.3, 0.4) is 0 Å². The van der Waals surface area contributed by atoms with Gasteiger partial charge in [-0.25, -0.2) is 9.37 Å². The van der Waals surface area contributed by atoms with E-state index >= 15 is 0 Å². The highest BCUT2D eigenvalue weighted by molar-refractivity contribution is 7.83. The third-order valence-electron chi connectivity index (χ3n) is 5.14. The number of aromatic nitrogens is 1. The van der Waals surface area contributed by atoms with Gasteiger partial charge < -0.3 is 14.9 Å². The number of aliphatic hydroxyl groups excluding tert-OH is 1. The lowest BCUT2D eigenvalue weighted by Crippen LogP contribution is -2.58. The summed E-state index contributed by atoms with van der Waals surface area (Å²) in [6, 6.07) is 7.23. The van der Waals surface area contributed by atoms with Crippen LogP contribution in [0.4, 0.5) is 29.1 Å². The van der Waals surface area contributed by atoms with Crippen molar-refractivity contribution in [1.82, 2.24) is 4.98 Å². The van der Waals surface area contributed by atoms with Gasteiger partial charge in [-0.05, 0) is 43.7 Å². The summed E-state index contributed by atoms with van der Waals surface area (Å²) in [7, 11) is 1.37. The fraction of sp³-hybridized carbons (Fsp3) is 0.350. The number of hydrogen-bond acceptors (Lipinski definition) is 6. The molecule has 1 saturated heterocycles. The largest absolute Gasteiger partial charge is 0.417 e. The van der Waals surface area contributed by atoms with Crippen LogP contribution in [-0.4, -0.2) is 40.6 Å². The van der Waals surface area contributed by atoms with Crippen molar-refractivity contribution in [1.29, 1.82) is 5.26 Å². The van der Waals surface area contributed by atoms with Crippen molar-refractivity contribution in [2.75, 3.05) is 23.4 Å². The van der Waals surface area contributed by atoms with Crippen molar-refractivity contribution < 1.29 is 27.5 Å². The zero-order valence-electron chi connectivity index (χ0n) is 16.5. The quantitative estimate of drug-likeness (QED) is 0.550. The third kappa shape index (κ3) is 3.93. The van der Waals surface area contributed by atoms with Crippen LogP contribution < -0.4 is 9.80 Å². The summed E-state index contributed by atoms with van der Waals surface area (Å²) in [4.78, 5) is 17.6. The van der Waals surface area contributed by atoms with Crippen molar-refractivity contribution in [3.8, 4) is 6.07 Å². The number of thiol groups is 1. The predicted octanol–water partition coefficient (Wildman–Crippen LogP) is 3.28. The molecule has 1 N–H and O–H groups in total. The molecular formula is C20H18F4N4O2S. The summed E-state index contributed by atoms with van der Waals surface area (Å²) >= 11 is 4.39. The van der Waals surface area contributed by atoms with Gasteiger partial charge in [-0.1, -0.05) is 0 Å². The summed E-state index contributed by atoms with van der Waals surface area (Å²) in [6.07, 6.45) is -6.18. The van der Waals surface area contributed by atoms with Crippen LogP contribution in [0.1, 0.15) is 23.2 Å². The van der Waals surface area contributed by atoms with Crippen LogP contribution in [0.25, 0.3) is 0 Å². The number of anilines is 2. The van der Waals surface area contributed by atoms with E-state index in [1.54, 1.807) is 0 Å². The number of pyridine rings is 1. The number of amides is 1. The lowest BCUT2D eigenvalue weighted by atomic mass is 10.1. The van der Waals surface area contributed by atoms with Gasteiger partial charge in [-0.2, -0.15) is 18.4 Å². The summed E-state index contributed by atoms with van der Waals surface area (Å²) in [5, 5.41) is 20.1. The van der Waals surface area contributed by atoms with Crippen LogP contribution in [-0.2, 0) is 11.0 Å². The number of hydrogen-bond donors (Lipinski definition) is 2. The normalized spacial score (nSPS) is 21.1. The number of aliphatic hydroxyl groups is 1. The fourth-order valence-electron chi connectivity index (χ4n) is 3.54. The minimum atomic E-state index is -4.82. The lowest BCUT2D eigenvalue weighted by Gasteiger charge is -2.38. The Balaban J connectivity index is 2.12. The molecule has 164 valence electrons. The molecule has 2 aromatic rings. The number of alkyl halides is 3. The SMILES string of the molecule is Cc1cc(C(F)(F)F)c(C#N)c(N2CC[C@H](O)[C@@]2(S)C(=O)N(C)c2ccc(F)cc2)n1. The summed E-state index contributed by atoms with van der Waals surface area (Å²) in [6.45, 7) is 1.27. The number of likely N-dealkylation sites (N-methyl/N-ethyl adjacent to an activating group) is 1. The molecule has 0 saturated carbocycles. The van der Waals surface area contributed by atoms with Gasteiger partial charge in [0.2, 0.25) is 0 Å². The number of nitrogens with zero attached hydrogens (tertiary/aromatic N) is 4. The Morgan fingerprint density at radius 1 is 1.39 bits per heavy atom. The van der Waals surface area contributed by atoms with Crippen molar-refractivity contribution in [2.45, 2.75) is 30.5 Å². The first-order chi connectivity index (χ1) is 14.4. The lowest BCUT2D eigenvalue weighted by molar-refractivity contribution is -0.137. The second-order valence-electron chi connectivity index (χ2n) is 7.14. The monoisotopic (exact) mass is 454 g/mol. The number of nitriles is 1. The average molecular weight is 454 g/mol. The van der Waals surface area contributed by atoms with Gasteiger partial charge in [0.1, 0.15) is 23.3 Å². The molecule has 31 heavy (non-hydrogen) atoms. The number of aryl methyl sites for hydroxylation is 1. The van der Waals surface area contributed by atoms with Crippen molar-refractivity contribution >= 4 is 30.0 Å². The topological polar surface area (TPSA) is 80.5 Å². The van der Waals surface area contributed by atoms with Crippen LogP contribution in [0.5, 0.6) is 0 Å². The molecule has 1 aromatic heterocycles. The smallest absolute Gasteiger partial charge is 0.389 e. The Kier molecular flexibility index (Phi) is 5.90. The van der Waals surface area contributed by atoms with E-state index in [4.69, 9.17) is 0 Å². The zero-order valence-corrected chi connectivity index (χ0v) is 17.4. The van der Waals surface area contributed by atoms with E-state index < -0.39 is 40.0 Å². The molecular weight excluding hydrogens is 436 g/mol. The van der Waals surface area contributed by atoms with E-state index in [2.05, 4.69) is 17.6 Å². The molecule has 1 fully saturated rings. The van der Waals surface area contributed by atoms with Gasteiger partial charge in [-0.15, -0.1) is 12.6 Å². The molecule has 1 aromatic carbocycles. The van der Waals surface area contributed by atoms with Gasteiger partial charge in [0, 0.05) is 25.0 Å². The highest BCUT2D eigenvalue weighted by Gasteiger charge is 2.54. The molecule has 0 bridgehead atoms. The average Bonchev–Trinajstić information content (AvgIpc) is 3.01. The van der Waals surface area contributed by atoms with Gasteiger partial charge in [0.25, 0.3) is 5.91 Å². The molecule has 6 nitrogen and oxygen atoms in total. The minimum absolute atomic E-state index is 0.00827. The first kappa shape index (κ1) is 22.8. The van der Waals surface area contributed by atoms with E-state index in [0.717, 1.165) is 28.0 Å². The van der Waals surface area contributed by atoms with E-state index in [9.17, 15) is 32.7 Å². The molecule has 2 heterocycles. The van der Waals surface area contributed by atoms with Crippen molar-refractivity contribution in [3.05, 3.63) is 53.0 Å². The van der Waals surface area contributed by atoms with Gasteiger partial charge in [0.15, 0.2) is 4.87 Å². The van der Waals surface area contributed by atoms with Gasteiger partial charge in [-0.3, -0.25) is 4.79 Å². The molecule has 2 atom stereocenters. The van der Waals surface area contributed by atoms with E-state index in [-0.39, 0.29) is 30.2 Å². The molecule has 0 aliphatic carbocycles. The second kappa shape index (κ2) is 8.01. The maximum absolute atomic E-state index is 13.5. The number of benzene rings is 1. The molecule has 11 heteroatoms. The van der Waals surface area contributed by atoms with Gasteiger partial charge in [0.05, 0.1) is 11.7 Å². The van der Waals surface area contributed by atoms with Crippen LogP contribution in [0.15, 0.2) is 30.3 Å². The van der Waals surface area contributed by atoms with E-state index in [0.29, 0.717) is 0 Å². The highest BCUT2D eigenvalue weighted by Crippen LogP contribution is 2.43. The summed E-state index contributed by atoms with van der Waals surface area (Å²) in [5.41, 5.74) is -1.68. The Hall–Kier alpha value is -2.84. The molecule has 0 spiro atoms. The van der Waals surface area contributed by atoms with Crippen LogP contribution in [0.2, 0.25) is 0 Å². The predicted molar refractivity (Wildman–Crippen MR) is 108 cm³/mol. The molecule has 0 radical (unpaired) electrons. The molecule has 0 unspecified atom stereocenters. The zero-order chi connectivity index (χ0) is 23.1. The van der Waals surface area contributed by atoms with Crippen molar-refractivity contribution in [2.24, 2.45) is 0 Å². The first-order valence-corrected chi connectivity index (χ1v) is 9.56. The number of carbonyl (C=O) groups is 1. The first-order valence-electron chi connectivity index (χ1n) is 9.12. The maximum Gasteiger partial charge on any atom is 0.417 e. The molecule has 1 aliphatic rings. The molecule has 3 rings (SSSR count). The Morgan fingerprint density at radius 3 is 2.55 bits per heavy atom. The van der Waals surface area contributed by atoms with Crippen LogP contribution in [0, 0.1) is 24.1 Å². The standard InChI is InChI=1S/C20H18F4N4O2S/c1-11-9-15(20(22,23)24)14(10-25)17(26-11)28-8-7-16(29)19(28,31)18(30)27(2)13-5-3-12(21)4-6-13/h3-6,9,16,29,31H,7-8H2,1-2H3/t16-,19+/m0/s1. The number of rotatable bonds is 3. The Morgan fingerprint density at radius 2 is 2.00 bits per heavy atom. The maximum atomic E-state index is 13.5. The van der Waals surface area contributed by atoms with Crippen LogP contribution >= 0.6 is 12.6 Å². The van der Waals surface area contributed by atoms with E-state index in [1.165, 1.54) is 32.2 Å². The number of halogens is 4. The third-order valence-corrected chi connectivity index (χ3v) is 5.87. The Bertz CT molecular complexity index is 1050. The fourth-order valence-corrected chi connectivity index (χ4v) is 4.02.